The lowest BCUT2D eigenvalue weighted by Crippen LogP contribution is -2.65. The smallest absolute Gasteiger partial charge is 0.231 e. The average molecular weight is 380 g/mol. The molecule has 0 aromatic carbocycles. The van der Waals surface area contributed by atoms with Crippen LogP contribution in [0, 0.1) is 11.3 Å². The quantitative estimate of drug-likeness (QED) is 0.822. The van der Waals surface area contributed by atoms with Crippen LogP contribution in [0.2, 0.25) is 5.28 Å². The fourth-order valence-electron chi connectivity index (χ4n) is 4.29. The topological polar surface area (TPSA) is 99.0 Å². The van der Waals surface area contributed by atoms with E-state index in [0.717, 1.165) is 0 Å². The molecule has 3 rings (SSSR count). The van der Waals surface area contributed by atoms with Crippen LogP contribution in [0.15, 0.2) is 0 Å². The summed E-state index contributed by atoms with van der Waals surface area (Å²) in [5, 5.41) is 17.0. The van der Waals surface area contributed by atoms with E-state index in [2.05, 4.69) is 59.3 Å². The average Bonchev–Trinajstić information content (AvgIpc) is 2.52. The number of nitrogens with one attached hydrogen (secondary N) is 2. The molecule has 8 nitrogen and oxygen atoms in total. The van der Waals surface area contributed by atoms with Crippen molar-refractivity contribution in [2.24, 2.45) is 0 Å². The molecule has 2 aliphatic rings. The lowest BCUT2D eigenvalue weighted by atomic mass is 9.71. The normalized spacial score (nSPS) is 23.9. The van der Waals surface area contributed by atoms with Gasteiger partial charge in [0.1, 0.15) is 5.54 Å². The zero-order chi connectivity index (χ0) is 19.0. The van der Waals surface area contributed by atoms with Gasteiger partial charge in [0.25, 0.3) is 0 Å². The third-order valence-electron chi connectivity index (χ3n) is 4.62. The molecule has 0 unspecified atom stereocenters. The Labute approximate surface area is 159 Å². The first-order chi connectivity index (χ1) is 12.1. The Morgan fingerprint density at radius 3 is 2.31 bits per heavy atom. The third-order valence-corrected chi connectivity index (χ3v) is 4.79. The summed E-state index contributed by atoms with van der Waals surface area (Å²) < 4.78 is 5.37. The lowest BCUT2D eigenvalue weighted by Gasteiger charge is -2.50. The summed E-state index contributed by atoms with van der Waals surface area (Å²) >= 11 is 6.13. The van der Waals surface area contributed by atoms with Crippen LogP contribution < -0.4 is 15.5 Å². The van der Waals surface area contributed by atoms with Gasteiger partial charge in [0.2, 0.25) is 17.2 Å². The van der Waals surface area contributed by atoms with Crippen molar-refractivity contribution in [2.75, 3.05) is 36.5 Å². The van der Waals surface area contributed by atoms with Crippen molar-refractivity contribution in [1.82, 2.24) is 20.3 Å². The zero-order valence-corrected chi connectivity index (χ0v) is 16.5. The number of nitriles is 1. The molecule has 1 aromatic rings. The van der Waals surface area contributed by atoms with E-state index < -0.39 is 5.54 Å². The Hall–Kier alpha value is -1.69. The lowest BCUT2D eigenvalue weighted by molar-refractivity contribution is 0.122. The summed E-state index contributed by atoms with van der Waals surface area (Å²) in [6.45, 7) is 11.1. The third kappa shape index (κ3) is 4.34. The Bertz CT molecular complexity index is 694. The van der Waals surface area contributed by atoms with E-state index >= 15 is 0 Å². The molecule has 142 valence electrons. The summed E-state index contributed by atoms with van der Waals surface area (Å²) in [5.41, 5.74) is -1.19. The van der Waals surface area contributed by atoms with E-state index in [9.17, 15) is 5.26 Å². The Morgan fingerprint density at radius 1 is 1.12 bits per heavy atom. The van der Waals surface area contributed by atoms with Gasteiger partial charge in [-0.05, 0) is 39.3 Å². The maximum atomic E-state index is 9.98. The summed E-state index contributed by atoms with van der Waals surface area (Å²) in [4.78, 5) is 15.0. The number of hydrogen-bond acceptors (Lipinski definition) is 8. The molecule has 0 bridgehead atoms. The molecule has 2 aliphatic heterocycles. The van der Waals surface area contributed by atoms with E-state index in [1.165, 1.54) is 0 Å². The highest BCUT2D eigenvalue weighted by Crippen LogP contribution is 2.37. The standard InChI is InChI=1S/C17H26ClN7O/c1-15(2)9-17(11-19,10-16(3,4)24-15)23-13-20-12(18)21-14(22-13)25-5-7-26-8-6-25/h24H,5-10H2,1-4H3,(H,20,21,22,23). The fourth-order valence-corrected chi connectivity index (χ4v) is 4.44. The highest BCUT2D eigenvalue weighted by Gasteiger charge is 2.48. The van der Waals surface area contributed by atoms with Crippen LogP contribution in [0.5, 0.6) is 0 Å². The van der Waals surface area contributed by atoms with Crippen molar-refractivity contribution in [1.29, 1.82) is 5.26 Å². The predicted molar refractivity (Wildman–Crippen MR) is 100 cm³/mol. The number of ether oxygens (including phenoxy) is 1. The minimum atomic E-state index is -0.786. The molecule has 0 saturated carbocycles. The first kappa shape index (κ1) is 19.1. The second kappa shape index (κ2) is 6.80. The first-order valence-electron chi connectivity index (χ1n) is 8.85. The number of aromatic nitrogens is 3. The first-order valence-corrected chi connectivity index (χ1v) is 9.23. The fraction of sp³-hybridized carbons (Fsp3) is 0.765. The van der Waals surface area contributed by atoms with Gasteiger partial charge in [-0.3, -0.25) is 0 Å². The molecule has 9 heteroatoms. The SMILES string of the molecule is CC1(C)CC(C#N)(Nc2nc(Cl)nc(N3CCOCC3)n2)CC(C)(C)N1. The molecule has 2 fully saturated rings. The summed E-state index contributed by atoms with van der Waals surface area (Å²) in [6, 6.07) is 2.47. The summed E-state index contributed by atoms with van der Waals surface area (Å²) in [5.74, 6) is 0.845. The predicted octanol–water partition coefficient (Wildman–Crippen LogP) is 1.98. The van der Waals surface area contributed by atoms with Crippen LogP contribution >= 0.6 is 11.6 Å². The molecule has 0 spiro atoms. The van der Waals surface area contributed by atoms with Crippen LogP contribution in [0.4, 0.5) is 11.9 Å². The van der Waals surface area contributed by atoms with Gasteiger partial charge in [0.05, 0.1) is 19.3 Å². The Kier molecular flexibility index (Phi) is 4.99. The minimum absolute atomic E-state index is 0.115. The maximum Gasteiger partial charge on any atom is 0.231 e. The number of hydrogen-bond donors (Lipinski definition) is 2. The van der Waals surface area contributed by atoms with Crippen molar-refractivity contribution in [3.63, 3.8) is 0 Å². The van der Waals surface area contributed by atoms with Gasteiger partial charge in [0.15, 0.2) is 0 Å². The molecule has 26 heavy (non-hydrogen) atoms. The molecular weight excluding hydrogens is 354 g/mol. The largest absolute Gasteiger partial charge is 0.378 e. The number of morpholine rings is 1. The molecule has 2 saturated heterocycles. The van der Waals surface area contributed by atoms with Crippen molar-refractivity contribution < 1.29 is 4.74 Å². The van der Waals surface area contributed by atoms with Gasteiger partial charge in [0, 0.05) is 37.0 Å². The van der Waals surface area contributed by atoms with E-state index in [1.807, 2.05) is 4.90 Å². The van der Waals surface area contributed by atoms with Crippen LogP contribution in [0.3, 0.4) is 0 Å². The number of piperidine rings is 1. The van der Waals surface area contributed by atoms with Gasteiger partial charge >= 0.3 is 0 Å². The highest BCUT2D eigenvalue weighted by molar-refractivity contribution is 6.28. The van der Waals surface area contributed by atoms with Crippen LogP contribution in [0.1, 0.15) is 40.5 Å². The molecular formula is C17H26ClN7O. The van der Waals surface area contributed by atoms with Crippen molar-refractivity contribution in [3.05, 3.63) is 5.28 Å². The molecule has 0 amide bonds. The van der Waals surface area contributed by atoms with Gasteiger partial charge in [-0.15, -0.1) is 0 Å². The maximum absolute atomic E-state index is 9.98. The van der Waals surface area contributed by atoms with E-state index in [4.69, 9.17) is 16.3 Å². The van der Waals surface area contributed by atoms with Gasteiger partial charge in [-0.25, -0.2) is 0 Å². The monoisotopic (exact) mass is 379 g/mol. The number of halogens is 1. The Balaban J connectivity index is 1.89. The Morgan fingerprint density at radius 2 is 1.73 bits per heavy atom. The minimum Gasteiger partial charge on any atom is -0.378 e. The molecule has 0 radical (unpaired) electrons. The molecule has 0 aliphatic carbocycles. The van der Waals surface area contributed by atoms with E-state index in [0.29, 0.717) is 51.0 Å². The van der Waals surface area contributed by atoms with E-state index in [1.54, 1.807) is 0 Å². The number of anilines is 2. The van der Waals surface area contributed by atoms with Crippen molar-refractivity contribution in [2.45, 2.75) is 57.2 Å². The number of rotatable bonds is 3. The van der Waals surface area contributed by atoms with Crippen LogP contribution in [0.25, 0.3) is 0 Å². The molecule has 2 N–H and O–H groups in total. The molecule has 0 atom stereocenters. The zero-order valence-electron chi connectivity index (χ0n) is 15.8. The number of nitrogens with zero attached hydrogens (tertiary/aromatic N) is 5. The second-order valence-corrected chi connectivity index (χ2v) is 8.73. The van der Waals surface area contributed by atoms with E-state index in [-0.39, 0.29) is 16.4 Å². The second-order valence-electron chi connectivity index (χ2n) is 8.39. The van der Waals surface area contributed by atoms with Crippen molar-refractivity contribution >= 4 is 23.5 Å². The van der Waals surface area contributed by atoms with Crippen molar-refractivity contribution in [3.8, 4) is 6.07 Å². The molecule has 3 heterocycles. The summed E-state index contributed by atoms with van der Waals surface area (Å²) in [6.07, 6.45) is 1.24. The molecule has 1 aromatic heterocycles. The van der Waals surface area contributed by atoms with Crippen LogP contribution in [-0.4, -0.2) is 57.9 Å². The van der Waals surface area contributed by atoms with Crippen LogP contribution in [-0.2, 0) is 4.74 Å². The van der Waals surface area contributed by atoms with Gasteiger partial charge in [-0.1, -0.05) is 0 Å². The van der Waals surface area contributed by atoms with Gasteiger partial charge in [-0.2, -0.15) is 20.2 Å². The summed E-state index contributed by atoms with van der Waals surface area (Å²) in [7, 11) is 0. The highest BCUT2D eigenvalue weighted by atomic mass is 35.5. The van der Waals surface area contributed by atoms with Gasteiger partial charge < -0.3 is 20.3 Å².